The van der Waals surface area contributed by atoms with Gasteiger partial charge in [-0.15, -0.1) is 12.6 Å². The zero-order valence-corrected chi connectivity index (χ0v) is 7.87. The van der Waals surface area contributed by atoms with Crippen LogP contribution in [0.3, 0.4) is 0 Å². The van der Waals surface area contributed by atoms with Crippen LogP contribution in [0.25, 0.3) is 0 Å². The molecule has 10 heavy (non-hydrogen) atoms. The molecule has 0 saturated heterocycles. The first-order chi connectivity index (χ1) is 4.54. The Kier molecular flexibility index (Phi) is 5.21. The highest BCUT2D eigenvalue weighted by Gasteiger charge is 2.11. The Hall–Kier alpha value is 0.330. The molecule has 2 nitrogen and oxygen atoms in total. The zero-order valence-electron chi connectivity index (χ0n) is 6.16. The number of hydrogen-bond acceptors (Lipinski definition) is 2. The molecule has 1 atom stereocenters. The number of carbonyl (C=O) groups excluding carboxylic acids is 1. The first-order valence-corrected chi connectivity index (χ1v) is 4.96. The molecular weight excluding hydrogens is 168 g/mol. The first-order valence-electron chi connectivity index (χ1n) is 3.13. The molecule has 0 bridgehead atoms. The lowest BCUT2D eigenvalue weighted by molar-refractivity contribution is -0.110. The number of hydrogen-bond donors (Lipinski definition) is 1. The van der Waals surface area contributed by atoms with Gasteiger partial charge < -0.3 is 4.55 Å². The summed E-state index contributed by atoms with van der Waals surface area (Å²) in [6, 6.07) is 0. The maximum absolute atomic E-state index is 11.0. The van der Waals surface area contributed by atoms with E-state index in [1.165, 1.54) is 0 Å². The van der Waals surface area contributed by atoms with E-state index in [1.807, 2.05) is 13.8 Å². The summed E-state index contributed by atoms with van der Waals surface area (Å²) in [6.45, 7) is 3.75. The minimum atomic E-state index is -0.862. The molecule has 60 valence electrons. The quantitative estimate of drug-likeness (QED) is 0.517. The number of carbonyl (C=O) groups is 1. The summed E-state index contributed by atoms with van der Waals surface area (Å²) in [7, 11) is 0. The van der Waals surface area contributed by atoms with Gasteiger partial charge in [0.25, 0.3) is 0 Å². The maximum atomic E-state index is 11.0. The Morgan fingerprint density at radius 1 is 1.70 bits per heavy atom. The van der Waals surface area contributed by atoms with Crippen LogP contribution in [0.1, 0.15) is 20.3 Å². The van der Waals surface area contributed by atoms with Crippen LogP contribution in [-0.4, -0.2) is 20.7 Å². The second-order valence-electron chi connectivity index (χ2n) is 2.28. The zero-order chi connectivity index (χ0) is 8.15. The summed E-state index contributed by atoms with van der Waals surface area (Å²) in [6.07, 6.45) is 0.313. The summed E-state index contributed by atoms with van der Waals surface area (Å²) in [5, 5.41) is -0.0401. The smallest absolute Gasteiger partial charge is 0.190 e. The van der Waals surface area contributed by atoms with Crippen molar-refractivity contribution in [1.29, 1.82) is 0 Å². The Morgan fingerprint density at radius 2 is 2.20 bits per heavy atom. The lowest BCUT2D eigenvalue weighted by atomic mass is 10.5. The molecule has 0 aromatic heterocycles. The van der Waals surface area contributed by atoms with Gasteiger partial charge in [0.15, 0.2) is 5.12 Å². The van der Waals surface area contributed by atoms with Gasteiger partial charge in [0.05, 0.1) is 6.42 Å². The number of rotatable bonds is 4. The molecule has 0 saturated carbocycles. The molecule has 0 N–H and O–H groups in total. The second kappa shape index (κ2) is 5.04. The van der Waals surface area contributed by atoms with Crippen molar-refractivity contribution in [3.8, 4) is 0 Å². The summed E-state index contributed by atoms with van der Waals surface area (Å²) in [5.41, 5.74) is 0. The molecule has 0 fully saturated rings. The van der Waals surface area contributed by atoms with Gasteiger partial charge in [0, 0.05) is 0 Å². The van der Waals surface area contributed by atoms with Crippen molar-refractivity contribution in [2.75, 3.05) is 5.75 Å². The van der Waals surface area contributed by atoms with Gasteiger partial charge in [-0.1, -0.05) is 11.2 Å². The Morgan fingerprint density at radius 3 is 2.50 bits per heavy atom. The molecule has 0 aliphatic rings. The van der Waals surface area contributed by atoms with Gasteiger partial charge in [0.2, 0.25) is 0 Å². The van der Waals surface area contributed by atoms with Crippen LogP contribution in [0.4, 0.5) is 0 Å². The summed E-state index contributed by atoms with van der Waals surface area (Å²) >= 11 is 2.71. The fraction of sp³-hybridized carbons (Fsp3) is 0.833. The Labute approximate surface area is 70.0 Å². The van der Waals surface area contributed by atoms with Crippen molar-refractivity contribution in [1.82, 2.24) is 0 Å². The summed E-state index contributed by atoms with van der Waals surface area (Å²) < 4.78 is 11.0. The molecule has 4 heteroatoms. The molecule has 0 heterocycles. The molecule has 0 rings (SSSR count). The van der Waals surface area contributed by atoms with E-state index in [0.717, 1.165) is 0 Å². The molecule has 0 spiro atoms. The van der Waals surface area contributed by atoms with E-state index >= 15 is 0 Å². The minimum absolute atomic E-state index is 0.146. The minimum Gasteiger partial charge on any atom is -0.616 e. The van der Waals surface area contributed by atoms with Gasteiger partial charge in [-0.05, 0) is 13.8 Å². The fourth-order valence-corrected chi connectivity index (χ4v) is 1.54. The third-order valence-corrected chi connectivity index (χ3v) is 2.92. The summed E-state index contributed by atoms with van der Waals surface area (Å²) in [5.74, 6) is 0.444. The fourth-order valence-electron chi connectivity index (χ4n) is 0.424. The van der Waals surface area contributed by atoms with Crippen LogP contribution in [0.15, 0.2) is 0 Å². The van der Waals surface area contributed by atoms with Crippen molar-refractivity contribution < 1.29 is 9.35 Å². The highest BCUT2D eigenvalue weighted by molar-refractivity contribution is 7.97. The van der Waals surface area contributed by atoms with Crippen LogP contribution in [-0.2, 0) is 16.0 Å². The molecule has 0 radical (unpaired) electrons. The topological polar surface area (TPSA) is 40.1 Å². The average molecular weight is 180 g/mol. The van der Waals surface area contributed by atoms with Crippen LogP contribution in [0.5, 0.6) is 0 Å². The van der Waals surface area contributed by atoms with Crippen LogP contribution >= 0.6 is 12.6 Å². The third-order valence-electron chi connectivity index (χ3n) is 1.04. The average Bonchev–Trinajstić information content (AvgIpc) is 1.82. The monoisotopic (exact) mass is 180 g/mol. The molecular formula is C6H12O2S2. The largest absolute Gasteiger partial charge is 0.616 e. The van der Waals surface area contributed by atoms with Crippen molar-refractivity contribution in [3.05, 3.63) is 0 Å². The van der Waals surface area contributed by atoms with Crippen LogP contribution < -0.4 is 0 Å². The van der Waals surface area contributed by atoms with Crippen LogP contribution in [0.2, 0.25) is 0 Å². The van der Waals surface area contributed by atoms with E-state index in [0.29, 0.717) is 12.2 Å². The van der Waals surface area contributed by atoms with Gasteiger partial charge >= 0.3 is 0 Å². The highest BCUT2D eigenvalue weighted by atomic mass is 32.2. The molecule has 0 aromatic rings. The van der Waals surface area contributed by atoms with Crippen molar-refractivity contribution in [2.24, 2.45) is 0 Å². The normalized spacial score (nSPS) is 13.7. The molecule has 0 aliphatic carbocycles. The van der Waals surface area contributed by atoms with Crippen molar-refractivity contribution in [2.45, 2.75) is 25.5 Å². The molecule has 0 amide bonds. The lowest BCUT2D eigenvalue weighted by Crippen LogP contribution is -2.18. The van der Waals surface area contributed by atoms with Gasteiger partial charge in [0.1, 0.15) is 11.0 Å². The second-order valence-corrected chi connectivity index (χ2v) is 4.89. The third kappa shape index (κ3) is 5.14. The van der Waals surface area contributed by atoms with Crippen molar-refractivity contribution >= 4 is 28.9 Å². The van der Waals surface area contributed by atoms with E-state index in [4.69, 9.17) is 0 Å². The van der Waals surface area contributed by atoms with Crippen LogP contribution in [0, 0.1) is 0 Å². The predicted octanol–water partition coefficient (Wildman–Crippen LogP) is 0.990. The standard InChI is InChI=1S/C6H12O2S2/c1-5(2)10(8)4-3-6(7)9/h5H,3-4H2,1-2H3,(H,7,9). The summed E-state index contributed by atoms with van der Waals surface area (Å²) in [4.78, 5) is 10.3. The first kappa shape index (κ1) is 10.3. The van der Waals surface area contributed by atoms with E-state index in [-0.39, 0.29) is 10.4 Å². The van der Waals surface area contributed by atoms with Gasteiger partial charge in [-0.25, -0.2) is 0 Å². The highest BCUT2D eigenvalue weighted by Crippen LogP contribution is 2.03. The molecule has 0 aromatic carbocycles. The van der Waals surface area contributed by atoms with E-state index < -0.39 is 11.2 Å². The van der Waals surface area contributed by atoms with E-state index in [2.05, 4.69) is 12.6 Å². The van der Waals surface area contributed by atoms with Crippen molar-refractivity contribution in [3.63, 3.8) is 0 Å². The van der Waals surface area contributed by atoms with E-state index in [9.17, 15) is 9.35 Å². The lowest BCUT2D eigenvalue weighted by Gasteiger charge is -2.12. The van der Waals surface area contributed by atoms with Gasteiger partial charge in [-0.3, -0.25) is 4.79 Å². The molecule has 0 aliphatic heterocycles. The number of thiol groups is 1. The SMILES string of the molecule is CC(C)[S+]([O-])CCC(=O)S. The molecule has 1 unspecified atom stereocenters. The van der Waals surface area contributed by atoms with Gasteiger partial charge in [-0.2, -0.15) is 0 Å². The van der Waals surface area contributed by atoms with E-state index in [1.54, 1.807) is 0 Å². The predicted molar refractivity (Wildman–Crippen MR) is 46.8 cm³/mol. The Balaban J connectivity index is 3.39. The Bertz CT molecular complexity index is 114. The maximum Gasteiger partial charge on any atom is 0.190 e.